The lowest BCUT2D eigenvalue weighted by Crippen LogP contribution is -2.40. The zero-order chi connectivity index (χ0) is 21.6. The molecule has 2 aromatic rings. The van der Waals surface area contributed by atoms with Crippen molar-refractivity contribution in [2.75, 3.05) is 36.9 Å². The first-order chi connectivity index (χ1) is 14.4. The van der Waals surface area contributed by atoms with Gasteiger partial charge in [0.05, 0.1) is 18.1 Å². The molecule has 1 fully saturated rings. The normalized spacial score (nSPS) is 16.1. The van der Waals surface area contributed by atoms with Crippen LogP contribution >= 0.6 is 0 Å². The second kappa shape index (κ2) is 10.1. The first-order valence-electron chi connectivity index (χ1n) is 10.2. The van der Waals surface area contributed by atoms with Crippen molar-refractivity contribution in [1.29, 1.82) is 0 Å². The molecule has 1 heterocycles. The summed E-state index contributed by atoms with van der Waals surface area (Å²) in [5.74, 6) is -0.198. The lowest BCUT2D eigenvalue weighted by atomic mass is 10.1. The van der Waals surface area contributed by atoms with Gasteiger partial charge in [-0.25, -0.2) is 8.42 Å². The van der Waals surface area contributed by atoms with Gasteiger partial charge in [-0.2, -0.15) is 4.31 Å². The molecular formula is C22H29N3O4S. The Labute approximate surface area is 178 Å². The van der Waals surface area contributed by atoms with Gasteiger partial charge in [-0.05, 0) is 55.3 Å². The molecule has 2 aromatic carbocycles. The molecule has 3 rings (SSSR count). The Hall–Kier alpha value is -2.42. The van der Waals surface area contributed by atoms with Gasteiger partial charge < -0.3 is 15.4 Å². The molecule has 0 radical (unpaired) electrons. The van der Waals surface area contributed by atoms with Gasteiger partial charge in [0.2, 0.25) is 15.9 Å². The second-order valence-corrected chi connectivity index (χ2v) is 9.28. The van der Waals surface area contributed by atoms with E-state index in [2.05, 4.69) is 29.7 Å². The molecule has 1 saturated heterocycles. The molecule has 1 amide bonds. The van der Waals surface area contributed by atoms with E-state index >= 15 is 0 Å². The van der Waals surface area contributed by atoms with Crippen LogP contribution in [0.3, 0.4) is 0 Å². The zero-order valence-electron chi connectivity index (χ0n) is 17.4. The summed E-state index contributed by atoms with van der Waals surface area (Å²) in [6, 6.07) is 13.9. The first kappa shape index (κ1) is 22.3. The summed E-state index contributed by atoms with van der Waals surface area (Å²) in [4.78, 5) is 12.7. The molecule has 0 unspecified atom stereocenters. The number of carbonyl (C=O) groups excluding carboxylic acids is 1. The third kappa shape index (κ3) is 5.59. The minimum Gasteiger partial charge on any atom is -0.379 e. The molecule has 0 bridgehead atoms. The third-order valence-corrected chi connectivity index (χ3v) is 6.91. The highest BCUT2D eigenvalue weighted by atomic mass is 32.2. The summed E-state index contributed by atoms with van der Waals surface area (Å²) in [6.45, 7) is 5.43. The van der Waals surface area contributed by atoms with Gasteiger partial charge in [-0.3, -0.25) is 4.79 Å². The van der Waals surface area contributed by atoms with Crippen molar-refractivity contribution in [3.8, 4) is 0 Å². The molecule has 1 atom stereocenters. The number of rotatable bonds is 8. The van der Waals surface area contributed by atoms with Crippen LogP contribution in [0.4, 0.5) is 11.4 Å². The zero-order valence-corrected chi connectivity index (χ0v) is 18.2. The smallest absolute Gasteiger partial charge is 0.246 e. The Morgan fingerprint density at radius 2 is 1.63 bits per heavy atom. The van der Waals surface area contributed by atoms with Crippen molar-refractivity contribution in [2.45, 2.75) is 37.6 Å². The number of anilines is 2. The van der Waals surface area contributed by atoms with Crippen molar-refractivity contribution in [1.82, 2.24) is 4.31 Å². The molecule has 1 aliphatic rings. The second-order valence-electron chi connectivity index (χ2n) is 7.34. The minimum absolute atomic E-state index is 0.198. The van der Waals surface area contributed by atoms with Crippen LogP contribution < -0.4 is 10.6 Å². The number of hydrogen-bond donors (Lipinski definition) is 2. The summed E-state index contributed by atoms with van der Waals surface area (Å²) in [5.41, 5.74) is 2.70. The number of nitrogens with one attached hydrogen (secondary N) is 2. The maximum atomic E-state index is 12.7. The first-order valence-corrected chi connectivity index (χ1v) is 11.7. The molecule has 8 heteroatoms. The molecule has 2 N–H and O–H groups in total. The molecule has 162 valence electrons. The quantitative estimate of drug-likeness (QED) is 0.671. The average molecular weight is 432 g/mol. The van der Waals surface area contributed by atoms with Crippen LogP contribution in [0.5, 0.6) is 0 Å². The van der Waals surface area contributed by atoms with Crippen molar-refractivity contribution >= 4 is 27.3 Å². The fraction of sp³-hybridized carbons (Fsp3) is 0.409. The van der Waals surface area contributed by atoms with E-state index in [9.17, 15) is 13.2 Å². The van der Waals surface area contributed by atoms with Gasteiger partial charge in [0, 0.05) is 24.5 Å². The molecule has 30 heavy (non-hydrogen) atoms. The molecule has 1 aliphatic heterocycles. The molecule has 0 spiro atoms. The van der Waals surface area contributed by atoms with Crippen LogP contribution in [-0.4, -0.2) is 51.0 Å². The minimum atomic E-state index is -3.54. The van der Waals surface area contributed by atoms with E-state index in [1.165, 1.54) is 22.0 Å². The summed E-state index contributed by atoms with van der Waals surface area (Å²) < 4.78 is 32.0. The Balaban J connectivity index is 1.58. The SMILES string of the molecule is CCCc1ccc(N[C@@H](C)C(=O)Nc2ccc(S(=O)(=O)N3CCOCC3)cc2)cc1. The van der Waals surface area contributed by atoms with Gasteiger partial charge in [0.15, 0.2) is 0 Å². The van der Waals surface area contributed by atoms with Crippen molar-refractivity contribution < 1.29 is 17.9 Å². The van der Waals surface area contributed by atoms with Gasteiger partial charge in [0.25, 0.3) is 0 Å². The summed E-state index contributed by atoms with van der Waals surface area (Å²) in [6.07, 6.45) is 2.13. The topological polar surface area (TPSA) is 87.7 Å². The number of sulfonamides is 1. The van der Waals surface area contributed by atoms with Crippen molar-refractivity contribution in [3.63, 3.8) is 0 Å². The maximum Gasteiger partial charge on any atom is 0.246 e. The van der Waals surface area contributed by atoms with Crippen LogP contribution in [0, 0.1) is 0 Å². The number of carbonyl (C=O) groups is 1. The van der Waals surface area contributed by atoms with Crippen LogP contribution in [0.25, 0.3) is 0 Å². The van der Waals surface area contributed by atoms with Crippen LogP contribution in [0.15, 0.2) is 53.4 Å². The van der Waals surface area contributed by atoms with Crippen molar-refractivity contribution in [3.05, 3.63) is 54.1 Å². The van der Waals surface area contributed by atoms with E-state index in [0.29, 0.717) is 32.0 Å². The summed E-state index contributed by atoms with van der Waals surface area (Å²) in [5, 5.41) is 6.01. The molecule has 0 aliphatic carbocycles. The largest absolute Gasteiger partial charge is 0.379 e. The number of amides is 1. The number of morpholine rings is 1. The molecule has 7 nitrogen and oxygen atoms in total. The maximum absolute atomic E-state index is 12.7. The van der Waals surface area contributed by atoms with E-state index in [1.54, 1.807) is 19.1 Å². The molecule has 0 aromatic heterocycles. The lowest BCUT2D eigenvalue weighted by molar-refractivity contribution is -0.116. The number of benzene rings is 2. The van der Waals surface area contributed by atoms with Crippen LogP contribution in [-0.2, 0) is 26.0 Å². The third-order valence-electron chi connectivity index (χ3n) is 5.00. The predicted octanol–water partition coefficient (Wildman–Crippen LogP) is 3.10. The van der Waals surface area contributed by atoms with Crippen molar-refractivity contribution in [2.24, 2.45) is 0 Å². The molecule has 0 saturated carbocycles. The molecular weight excluding hydrogens is 402 g/mol. The fourth-order valence-corrected chi connectivity index (χ4v) is 4.68. The van der Waals surface area contributed by atoms with E-state index in [4.69, 9.17) is 4.74 Å². The van der Waals surface area contributed by atoms with E-state index < -0.39 is 16.1 Å². The van der Waals surface area contributed by atoms with Gasteiger partial charge in [-0.1, -0.05) is 25.5 Å². The Kier molecular flexibility index (Phi) is 7.47. The van der Waals surface area contributed by atoms with Gasteiger partial charge in [0.1, 0.15) is 6.04 Å². The fourth-order valence-electron chi connectivity index (χ4n) is 3.27. The van der Waals surface area contributed by atoms with Gasteiger partial charge >= 0.3 is 0 Å². The van der Waals surface area contributed by atoms with Crippen LogP contribution in [0.1, 0.15) is 25.8 Å². The van der Waals surface area contributed by atoms with E-state index in [-0.39, 0.29) is 10.8 Å². The highest BCUT2D eigenvalue weighted by Gasteiger charge is 2.26. The van der Waals surface area contributed by atoms with E-state index in [1.807, 2.05) is 12.1 Å². The Morgan fingerprint density at radius 1 is 1.03 bits per heavy atom. The standard InChI is InChI=1S/C22H29N3O4S/c1-3-4-18-5-7-19(8-6-18)23-17(2)22(26)24-20-9-11-21(12-10-20)30(27,28)25-13-15-29-16-14-25/h5-12,17,23H,3-4,13-16H2,1-2H3,(H,24,26)/t17-/m0/s1. The van der Waals surface area contributed by atoms with Crippen LogP contribution in [0.2, 0.25) is 0 Å². The Bertz CT molecular complexity index is 937. The lowest BCUT2D eigenvalue weighted by Gasteiger charge is -2.26. The van der Waals surface area contributed by atoms with Gasteiger partial charge in [-0.15, -0.1) is 0 Å². The summed E-state index contributed by atoms with van der Waals surface area (Å²) in [7, 11) is -3.54. The number of ether oxygens (including phenoxy) is 1. The average Bonchev–Trinajstić information content (AvgIpc) is 2.76. The monoisotopic (exact) mass is 431 g/mol. The Morgan fingerprint density at radius 3 is 2.23 bits per heavy atom. The number of aryl methyl sites for hydroxylation is 1. The summed E-state index contributed by atoms with van der Waals surface area (Å²) >= 11 is 0. The highest BCUT2D eigenvalue weighted by molar-refractivity contribution is 7.89. The predicted molar refractivity (Wildman–Crippen MR) is 118 cm³/mol. The van der Waals surface area contributed by atoms with E-state index in [0.717, 1.165) is 18.5 Å². The number of hydrogen-bond acceptors (Lipinski definition) is 5. The number of nitrogens with zero attached hydrogens (tertiary/aromatic N) is 1. The highest BCUT2D eigenvalue weighted by Crippen LogP contribution is 2.20.